The molecule has 2 aliphatic rings. The molecule has 4 heteroatoms. The van der Waals surface area contributed by atoms with Gasteiger partial charge in [0.05, 0.1) is 6.54 Å². The lowest BCUT2D eigenvalue weighted by molar-refractivity contribution is 0.208. The molecule has 0 saturated carbocycles. The molecule has 2 unspecified atom stereocenters. The topological polar surface area (TPSA) is 33.6 Å². The molecule has 0 bridgehead atoms. The van der Waals surface area contributed by atoms with Gasteiger partial charge >= 0.3 is 0 Å². The zero-order valence-electron chi connectivity index (χ0n) is 10.2. The van der Waals surface area contributed by atoms with Gasteiger partial charge in [-0.15, -0.1) is 0 Å². The van der Waals surface area contributed by atoms with Crippen molar-refractivity contribution in [3.8, 4) is 0 Å². The standard InChI is InChI=1S/C14H17FN2O/c15-12-5-3-10(4-6-12)13-9-17-14(18-13)11-2-1-7-16-8-11/h3-6,11,13,16H,1-2,7-9H2. The van der Waals surface area contributed by atoms with Crippen molar-refractivity contribution in [1.29, 1.82) is 0 Å². The lowest BCUT2D eigenvalue weighted by Gasteiger charge is -2.23. The molecular formula is C14H17FN2O. The molecule has 1 fully saturated rings. The molecule has 0 aromatic heterocycles. The number of rotatable bonds is 2. The van der Waals surface area contributed by atoms with Crippen LogP contribution in [0.25, 0.3) is 0 Å². The summed E-state index contributed by atoms with van der Waals surface area (Å²) in [5, 5.41) is 3.36. The summed E-state index contributed by atoms with van der Waals surface area (Å²) in [6.45, 7) is 2.69. The second kappa shape index (κ2) is 5.06. The average molecular weight is 248 g/mol. The molecule has 0 aliphatic carbocycles. The molecule has 0 radical (unpaired) electrons. The SMILES string of the molecule is Fc1ccc(C2CN=C(C3CCCNC3)O2)cc1. The first-order valence-corrected chi connectivity index (χ1v) is 6.50. The second-order valence-electron chi connectivity index (χ2n) is 4.88. The van der Waals surface area contributed by atoms with Crippen LogP contribution in [0, 0.1) is 11.7 Å². The first kappa shape index (κ1) is 11.7. The molecule has 1 N–H and O–H groups in total. The van der Waals surface area contributed by atoms with Crippen molar-refractivity contribution < 1.29 is 9.13 Å². The summed E-state index contributed by atoms with van der Waals surface area (Å²) in [5.74, 6) is 1.06. The third-order valence-electron chi connectivity index (χ3n) is 3.56. The highest BCUT2D eigenvalue weighted by molar-refractivity contribution is 5.80. The predicted molar refractivity (Wildman–Crippen MR) is 68.1 cm³/mol. The van der Waals surface area contributed by atoms with Gasteiger partial charge in [0.25, 0.3) is 0 Å². The summed E-state index contributed by atoms with van der Waals surface area (Å²) in [6, 6.07) is 6.49. The molecule has 3 nitrogen and oxygen atoms in total. The molecule has 1 saturated heterocycles. The van der Waals surface area contributed by atoms with Gasteiger partial charge in [-0.05, 0) is 37.1 Å². The van der Waals surface area contributed by atoms with Crippen LogP contribution in [0.3, 0.4) is 0 Å². The van der Waals surface area contributed by atoms with Gasteiger partial charge in [0.1, 0.15) is 11.9 Å². The van der Waals surface area contributed by atoms with E-state index in [1.807, 2.05) is 0 Å². The van der Waals surface area contributed by atoms with Crippen molar-refractivity contribution in [1.82, 2.24) is 5.32 Å². The van der Waals surface area contributed by atoms with Crippen LogP contribution in [0.15, 0.2) is 29.3 Å². The molecule has 96 valence electrons. The normalized spacial score (nSPS) is 27.7. The maximum Gasteiger partial charge on any atom is 0.188 e. The smallest absolute Gasteiger partial charge is 0.188 e. The summed E-state index contributed by atoms with van der Waals surface area (Å²) in [5.41, 5.74) is 0.999. The number of hydrogen-bond donors (Lipinski definition) is 1. The first-order chi connectivity index (χ1) is 8.83. The number of hydrogen-bond acceptors (Lipinski definition) is 3. The molecule has 2 atom stereocenters. The van der Waals surface area contributed by atoms with Crippen LogP contribution < -0.4 is 5.32 Å². The fourth-order valence-corrected chi connectivity index (χ4v) is 2.53. The van der Waals surface area contributed by atoms with Crippen LogP contribution in [0.1, 0.15) is 24.5 Å². The summed E-state index contributed by atoms with van der Waals surface area (Å²) in [4.78, 5) is 4.50. The monoisotopic (exact) mass is 248 g/mol. The summed E-state index contributed by atoms with van der Waals surface area (Å²) in [7, 11) is 0. The minimum atomic E-state index is -0.214. The Labute approximate surface area is 106 Å². The largest absolute Gasteiger partial charge is 0.471 e. The van der Waals surface area contributed by atoms with Crippen LogP contribution in [-0.2, 0) is 4.74 Å². The second-order valence-corrected chi connectivity index (χ2v) is 4.88. The minimum absolute atomic E-state index is 0.0393. The van der Waals surface area contributed by atoms with Gasteiger partial charge in [-0.2, -0.15) is 0 Å². The Morgan fingerprint density at radius 2 is 2.11 bits per heavy atom. The van der Waals surface area contributed by atoms with E-state index in [9.17, 15) is 4.39 Å². The molecular weight excluding hydrogens is 231 g/mol. The third kappa shape index (κ3) is 2.38. The van der Waals surface area contributed by atoms with E-state index in [1.165, 1.54) is 18.6 Å². The predicted octanol–water partition coefficient (Wildman–Crippen LogP) is 2.30. The average Bonchev–Trinajstić information content (AvgIpc) is 2.90. The van der Waals surface area contributed by atoms with Gasteiger partial charge in [-0.25, -0.2) is 4.39 Å². The van der Waals surface area contributed by atoms with E-state index in [2.05, 4.69) is 10.3 Å². The Morgan fingerprint density at radius 1 is 1.28 bits per heavy atom. The molecule has 2 aliphatic heterocycles. The van der Waals surface area contributed by atoms with Crippen molar-refractivity contribution in [3.63, 3.8) is 0 Å². The number of piperidine rings is 1. The van der Waals surface area contributed by atoms with E-state index in [4.69, 9.17) is 4.74 Å². The molecule has 1 aromatic carbocycles. The van der Waals surface area contributed by atoms with Crippen LogP contribution >= 0.6 is 0 Å². The van der Waals surface area contributed by atoms with Gasteiger partial charge < -0.3 is 10.1 Å². The fourth-order valence-electron chi connectivity index (χ4n) is 2.53. The van der Waals surface area contributed by atoms with E-state index in [0.717, 1.165) is 31.0 Å². The number of nitrogens with one attached hydrogen (secondary N) is 1. The van der Waals surface area contributed by atoms with Crippen LogP contribution in [0.5, 0.6) is 0 Å². The van der Waals surface area contributed by atoms with Gasteiger partial charge in [0, 0.05) is 12.5 Å². The number of benzene rings is 1. The Kier molecular flexibility index (Phi) is 3.28. The van der Waals surface area contributed by atoms with E-state index in [0.29, 0.717) is 12.5 Å². The highest BCUT2D eigenvalue weighted by Crippen LogP contribution is 2.27. The Morgan fingerprint density at radius 3 is 2.83 bits per heavy atom. The number of aliphatic imine (C=N–C) groups is 1. The van der Waals surface area contributed by atoms with Gasteiger partial charge in [-0.3, -0.25) is 4.99 Å². The lowest BCUT2D eigenvalue weighted by atomic mass is 10.00. The summed E-state index contributed by atoms with van der Waals surface area (Å²) in [6.07, 6.45) is 2.28. The van der Waals surface area contributed by atoms with Gasteiger partial charge in [0.2, 0.25) is 0 Å². The quantitative estimate of drug-likeness (QED) is 0.871. The van der Waals surface area contributed by atoms with Crippen molar-refractivity contribution >= 4 is 5.90 Å². The maximum atomic E-state index is 12.9. The number of ether oxygens (including phenoxy) is 1. The van der Waals surface area contributed by atoms with Crippen LogP contribution in [0.2, 0.25) is 0 Å². The summed E-state index contributed by atoms with van der Waals surface area (Å²) < 4.78 is 18.8. The third-order valence-corrected chi connectivity index (χ3v) is 3.56. The Hall–Kier alpha value is -1.42. The zero-order chi connectivity index (χ0) is 12.4. The van der Waals surface area contributed by atoms with Crippen LogP contribution in [-0.4, -0.2) is 25.5 Å². The van der Waals surface area contributed by atoms with Crippen molar-refractivity contribution in [2.45, 2.75) is 18.9 Å². The van der Waals surface area contributed by atoms with E-state index in [-0.39, 0.29) is 11.9 Å². The van der Waals surface area contributed by atoms with Crippen molar-refractivity contribution in [3.05, 3.63) is 35.6 Å². The Balaban J connectivity index is 1.64. The van der Waals surface area contributed by atoms with E-state index in [1.54, 1.807) is 12.1 Å². The highest BCUT2D eigenvalue weighted by Gasteiger charge is 2.28. The minimum Gasteiger partial charge on any atom is -0.471 e. The molecule has 18 heavy (non-hydrogen) atoms. The fraction of sp³-hybridized carbons (Fsp3) is 0.500. The first-order valence-electron chi connectivity index (χ1n) is 6.50. The molecule has 0 amide bonds. The van der Waals surface area contributed by atoms with Crippen molar-refractivity contribution in [2.24, 2.45) is 10.9 Å². The van der Waals surface area contributed by atoms with E-state index >= 15 is 0 Å². The lowest BCUT2D eigenvalue weighted by Crippen LogP contribution is -2.34. The molecule has 0 spiro atoms. The number of nitrogens with zero attached hydrogens (tertiary/aromatic N) is 1. The molecule has 3 rings (SSSR count). The summed E-state index contributed by atoms with van der Waals surface area (Å²) >= 11 is 0. The van der Waals surface area contributed by atoms with Crippen LogP contribution in [0.4, 0.5) is 4.39 Å². The highest BCUT2D eigenvalue weighted by atomic mass is 19.1. The molecule has 1 aromatic rings. The maximum absolute atomic E-state index is 12.9. The van der Waals surface area contributed by atoms with Crippen molar-refractivity contribution in [2.75, 3.05) is 19.6 Å². The Bertz CT molecular complexity index is 438. The molecule has 2 heterocycles. The van der Waals surface area contributed by atoms with Gasteiger partial charge in [0.15, 0.2) is 5.90 Å². The number of halogens is 1. The van der Waals surface area contributed by atoms with Gasteiger partial charge in [-0.1, -0.05) is 12.1 Å². The zero-order valence-corrected chi connectivity index (χ0v) is 10.2. The van der Waals surface area contributed by atoms with E-state index < -0.39 is 0 Å².